The second kappa shape index (κ2) is 9.82. The Morgan fingerprint density at radius 1 is 1.42 bits per heavy atom. The molecule has 1 aliphatic carbocycles. The molecular formula is C19H34N4O. The van der Waals surface area contributed by atoms with Crippen molar-refractivity contribution in [1.29, 1.82) is 0 Å². The number of nitrogens with one attached hydrogen (secondary N) is 1. The number of carbonyl (C=O) groups is 1. The number of nitrogens with zero attached hydrogens (tertiary/aromatic N) is 2. The van der Waals surface area contributed by atoms with E-state index in [2.05, 4.69) is 17.3 Å². The highest BCUT2D eigenvalue weighted by atomic mass is 16.1. The molecule has 3 N–H and O–H groups in total. The highest BCUT2D eigenvalue weighted by Crippen LogP contribution is 2.30. The van der Waals surface area contributed by atoms with Crippen LogP contribution < -0.4 is 11.1 Å². The number of primary amides is 1. The van der Waals surface area contributed by atoms with E-state index in [4.69, 9.17) is 5.73 Å². The predicted octanol–water partition coefficient (Wildman–Crippen LogP) is 2.79. The lowest BCUT2D eigenvalue weighted by molar-refractivity contribution is -0.121. The first-order valence-electron chi connectivity index (χ1n) is 9.60. The molecule has 1 heterocycles. The Kier molecular flexibility index (Phi) is 7.76. The first-order chi connectivity index (χ1) is 11.6. The number of hydrogen-bond acceptors (Lipinski definition) is 3. The van der Waals surface area contributed by atoms with Crippen molar-refractivity contribution in [3.8, 4) is 0 Å². The summed E-state index contributed by atoms with van der Waals surface area (Å²) in [6.45, 7) is 2.94. The fraction of sp³-hybridized carbons (Fsp3) is 0.789. The molecule has 0 aliphatic heterocycles. The van der Waals surface area contributed by atoms with E-state index >= 15 is 0 Å². The van der Waals surface area contributed by atoms with E-state index in [1.165, 1.54) is 51.4 Å². The van der Waals surface area contributed by atoms with Gasteiger partial charge in [-0.2, -0.15) is 5.10 Å². The van der Waals surface area contributed by atoms with Crippen molar-refractivity contribution in [3.63, 3.8) is 0 Å². The van der Waals surface area contributed by atoms with Gasteiger partial charge >= 0.3 is 0 Å². The third-order valence-corrected chi connectivity index (χ3v) is 5.36. The highest BCUT2D eigenvalue weighted by molar-refractivity contribution is 5.77. The third-order valence-electron chi connectivity index (χ3n) is 5.36. The molecule has 5 nitrogen and oxygen atoms in total. The number of unbranched alkanes of at least 4 members (excludes halogenated alkanes) is 3. The Labute approximate surface area is 146 Å². The Bertz CT molecular complexity index is 499. The second-order valence-corrected chi connectivity index (χ2v) is 7.38. The largest absolute Gasteiger partial charge is 0.369 e. The number of aryl methyl sites for hydroxylation is 1. The van der Waals surface area contributed by atoms with Gasteiger partial charge in [0.05, 0.1) is 12.1 Å². The monoisotopic (exact) mass is 334 g/mol. The van der Waals surface area contributed by atoms with Crippen molar-refractivity contribution in [2.75, 3.05) is 6.54 Å². The minimum Gasteiger partial charge on any atom is -0.369 e. The molecule has 0 bridgehead atoms. The van der Waals surface area contributed by atoms with Crippen molar-refractivity contribution >= 4 is 5.91 Å². The van der Waals surface area contributed by atoms with Gasteiger partial charge in [-0.1, -0.05) is 39.0 Å². The number of rotatable bonds is 11. The van der Waals surface area contributed by atoms with Crippen LogP contribution in [-0.2, 0) is 18.3 Å². The molecule has 0 radical (unpaired) electrons. The van der Waals surface area contributed by atoms with Crippen LogP contribution in [0.4, 0.5) is 0 Å². The molecule has 0 spiro atoms. The van der Waals surface area contributed by atoms with E-state index in [1.54, 1.807) is 4.68 Å². The molecule has 2 rings (SSSR count). The Hall–Kier alpha value is -1.36. The number of aromatic nitrogens is 2. The quantitative estimate of drug-likeness (QED) is 0.611. The van der Waals surface area contributed by atoms with E-state index in [-0.39, 0.29) is 11.8 Å². The second-order valence-electron chi connectivity index (χ2n) is 7.38. The topological polar surface area (TPSA) is 72.9 Å². The van der Waals surface area contributed by atoms with Crippen LogP contribution in [0.5, 0.6) is 0 Å². The molecule has 1 amide bonds. The van der Waals surface area contributed by atoms with Crippen LogP contribution in [0.1, 0.15) is 63.9 Å². The summed E-state index contributed by atoms with van der Waals surface area (Å²) < 4.78 is 1.77. The maximum Gasteiger partial charge on any atom is 0.222 e. The first kappa shape index (κ1) is 19.0. The van der Waals surface area contributed by atoms with E-state index in [9.17, 15) is 4.79 Å². The van der Waals surface area contributed by atoms with Gasteiger partial charge < -0.3 is 11.1 Å². The molecular weight excluding hydrogens is 300 g/mol. The zero-order valence-electron chi connectivity index (χ0n) is 15.3. The van der Waals surface area contributed by atoms with Crippen molar-refractivity contribution in [3.05, 3.63) is 18.0 Å². The zero-order valence-corrected chi connectivity index (χ0v) is 15.3. The molecule has 5 heteroatoms. The van der Waals surface area contributed by atoms with Crippen molar-refractivity contribution in [1.82, 2.24) is 15.1 Å². The van der Waals surface area contributed by atoms with Crippen molar-refractivity contribution in [2.24, 2.45) is 24.6 Å². The van der Waals surface area contributed by atoms with E-state index in [0.717, 1.165) is 11.5 Å². The molecule has 136 valence electrons. The number of carbonyl (C=O) groups excluding carboxylic acids is 1. The predicted molar refractivity (Wildman–Crippen MR) is 97.5 cm³/mol. The molecule has 0 unspecified atom stereocenters. The van der Waals surface area contributed by atoms with Gasteiger partial charge in [-0.25, -0.2) is 0 Å². The normalized spacial score (nSPS) is 21.9. The van der Waals surface area contributed by atoms with Crippen LogP contribution in [0.3, 0.4) is 0 Å². The summed E-state index contributed by atoms with van der Waals surface area (Å²) >= 11 is 0. The SMILES string of the molecule is CCCCCC[C@@H]1CCC[C@H]1NC[C@@H](Cc1cnn(C)c1)C(N)=O. The van der Waals surface area contributed by atoms with Gasteiger partial charge in [-0.15, -0.1) is 0 Å². The number of nitrogens with two attached hydrogens (primary N) is 1. The standard InChI is InChI=1S/C19H34N4O/c1-3-4-5-6-8-16-9-7-10-18(16)21-13-17(19(20)24)11-15-12-22-23(2)14-15/h12,14,16-18,21H,3-11,13H2,1-2H3,(H2,20,24)/t16-,17-,18-/m1/s1. The fourth-order valence-electron chi connectivity index (χ4n) is 3.91. The summed E-state index contributed by atoms with van der Waals surface area (Å²) in [7, 11) is 1.89. The van der Waals surface area contributed by atoms with Gasteiger partial charge in [-0.05, 0) is 37.2 Å². The van der Waals surface area contributed by atoms with Crippen LogP contribution in [0.2, 0.25) is 0 Å². The number of amides is 1. The lowest BCUT2D eigenvalue weighted by Gasteiger charge is -2.23. The fourth-order valence-corrected chi connectivity index (χ4v) is 3.91. The molecule has 1 aromatic rings. The van der Waals surface area contributed by atoms with Crippen LogP contribution in [-0.4, -0.2) is 28.3 Å². The number of hydrogen-bond donors (Lipinski definition) is 2. The molecule has 3 atom stereocenters. The Balaban J connectivity index is 1.78. The maximum atomic E-state index is 11.8. The van der Waals surface area contributed by atoms with E-state index in [0.29, 0.717) is 19.0 Å². The van der Waals surface area contributed by atoms with E-state index < -0.39 is 0 Å². The van der Waals surface area contributed by atoms with Crippen molar-refractivity contribution < 1.29 is 4.79 Å². The van der Waals surface area contributed by atoms with Crippen LogP contribution in [0.15, 0.2) is 12.4 Å². The smallest absolute Gasteiger partial charge is 0.222 e. The highest BCUT2D eigenvalue weighted by Gasteiger charge is 2.28. The molecule has 1 fully saturated rings. The summed E-state index contributed by atoms with van der Waals surface area (Å²) in [6.07, 6.45) is 15.0. The molecule has 24 heavy (non-hydrogen) atoms. The maximum absolute atomic E-state index is 11.8. The average Bonchev–Trinajstić information content (AvgIpc) is 3.16. The Morgan fingerprint density at radius 3 is 2.92 bits per heavy atom. The van der Waals surface area contributed by atoms with Crippen LogP contribution >= 0.6 is 0 Å². The van der Waals surface area contributed by atoms with Crippen LogP contribution in [0, 0.1) is 11.8 Å². The average molecular weight is 335 g/mol. The van der Waals surface area contributed by atoms with Crippen LogP contribution in [0.25, 0.3) is 0 Å². The summed E-state index contributed by atoms with van der Waals surface area (Å²) in [6, 6.07) is 0.558. The van der Waals surface area contributed by atoms with Gasteiger partial charge in [0.1, 0.15) is 0 Å². The molecule has 1 saturated carbocycles. The first-order valence-corrected chi connectivity index (χ1v) is 9.60. The molecule has 1 aliphatic rings. The third kappa shape index (κ3) is 5.93. The van der Waals surface area contributed by atoms with Gasteiger partial charge in [-0.3, -0.25) is 9.48 Å². The lowest BCUT2D eigenvalue weighted by Crippen LogP contribution is -2.40. The summed E-state index contributed by atoms with van der Waals surface area (Å²) in [4.78, 5) is 11.8. The summed E-state index contributed by atoms with van der Waals surface area (Å²) in [5, 5.41) is 7.82. The van der Waals surface area contributed by atoms with Crippen molar-refractivity contribution in [2.45, 2.75) is 70.8 Å². The summed E-state index contributed by atoms with van der Waals surface area (Å²) in [5.41, 5.74) is 6.69. The van der Waals surface area contributed by atoms with E-state index in [1.807, 2.05) is 19.4 Å². The molecule has 1 aromatic heterocycles. The Morgan fingerprint density at radius 2 is 2.25 bits per heavy atom. The summed E-state index contributed by atoms with van der Waals surface area (Å²) in [5.74, 6) is 0.396. The minimum atomic E-state index is -0.219. The lowest BCUT2D eigenvalue weighted by atomic mass is 9.94. The van der Waals surface area contributed by atoms with Gasteiger partial charge in [0.2, 0.25) is 5.91 Å². The van der Waals surface area contributed by atoms with Gasteiger partial charge in [0, 0.05) is 25.8 Å². The van der Waals surface area contributed by atoms with Gasteiger partial charge in [0.15, 0.2) is 0 Å². The van der Waals surface area contributed by atoms with Gasteiger partial charge in [0.25, 0.3) is 0 Å². The minimum absolute atomic E-state index is 0.157. The molecule has 0 saturated heterocycles. The molecule has 0 aromatic carbocycles. The zero-order chi connectivity index (χ0) is 17.4.